The van der Waals surface area contributed by atoms with Crippen LogP contribution in [0.25, 0.3) is 0 Å². The van der Waals surface area contributed by atoms with Crippen LogP contribution in [0.15, 0.2) is 12.7 Å². The maximum absolute atomic E-state index is 10.8. The summed E-state index contributed by atoms with van der Waals surface area (Å²) in [5, 5.41) is 8.86. The van der Waals surface area contributed by atoms with Gasteiger partial charge in [0.05, 0.1) is 6.61 Å². The standard InChI is InChI=1S/C8H12O3/c1-4-7(2,6(9)10)8(3)5-11-8/h4H,1,5H2,2-3H3,(H,9,10). The molecule has 2 atom stereocenters. The van der Waals surface area contributed by atoms with E-state index in [-0.39, 0.29) is 0 Å². The molecule has 1 aliphatic rings. The second kappa shape index (κ2) is 2.08. The van der Waals surface area contributed by atoms with Crippen molar-refractivity contribution in [2.45, 2.75) is 19.4 Å². The molecule has 1 N–H and O–H groups in total. The van der Waals surface area contributed by atoms with Crippen molar-refractivity contribution in [3.8, 4) is 0 Å². The summed E-state index contributed by atoms with van der Waals surface area (Å²) >= 11 is 0. The summed E-state index contributed by atoms with van der Waals surface area (Å²) < 4.78 is 5.06. The van der Waals surface area contributed by atoms with Crippen LogP contribution in [0.1, 0.15) is 13.8 Å². The van der Waals surface area contributed by atoms with Crippen molar-refractivity contribution >= 4 is 5.97 Å². The minimum atomic E-state index is -0.951. The van der Waals surface area contributed by atoms with E-state index in [4.69, 9.17) is 9.84 Å². The Bertz CT molecular complexity index is 205. The van der Waals surface area contributed by atoms with Crippen LogP contribution in [0.5, 0.6) is 0 Å². The molecule has 0 aromatic heterocycles. The summed E-state index contributed by atoms with van der Waals surface area (Å²) in [6.07, 6.45) is 1.43. The minimum Gasteiger partial charge on any atom is -0.481 e. The zero-order valence-corrected chi connectivity index (χ0v) is 6.76. The van der Waals surface area contributed by atoms with Gasteiger partial charge in [0, 0.05) is 0 Å². The third kappa shape index (κ3) is 0.959. The fourth-order valence-corrected chi connectivity index (χ4v) is 0.938. The van der Waals surface area contributed by atoms with Crippen LogP contribution in [0.4, 0.5) is 0 Å². The predicted molar refractivity (Wildman–Crippen MR) is 40.3 cm³/mol. The maximum Gasteiger partial charge on any atom is 0.316 e. The highest BCUT2D eigenvalue weighted by atomic mass is 16.6. The molecule has 0 radical (unpaired) electrons. The number of carbonyl (C=O) groups is 1. The highest BCUT2D eigenvalue weighted by Crippen LogP contribution is 2.45. The fourth-order valence-electron chi connectivity index (χ4n) is 0.938. The molecule has 1 aliphatic heterocycles. The number of rotatable bonds is 3. The normalized spacial score (nSPS) is 34.0. The van der Waals surface area contributed by atoms with Crippen molar-refractivity contribution < 1.29 is 14.6 Å². The lowest BCUT2D eigenvalue weighted by molar-refractivity contribution is -0.148. The van der Waals surface area contributed by atoms with E-state index in [1.807, 2.05) is 0 Å². The van der Waals surface area contributed by atoms with Gasteiger partial charge >= 0.3 is 5.97 Å². The van der Waals surface area contributed by atoms with Gasteiger partial charge in [-0.3, -0.25) is 4.79 Å². The fraction of sp³-hybridized carbons (Fsp3) is 0.625. The molecule has 62 valence electrons. The van der Waals surface area contributed by atoms with Crippen LogP contribution in [0.3, 0.4) is 0 Å². The first-order valence-electron chi connectivity index (χ1n) is 3.47. The van der Waals surface area contributed by atoms with Crippen molar-refractivity contribution in [2.75, 3.05) is 6.61 Å². The number of ether oxygens (including phenoxy) is 1. The lowest BCUT2D eigenvalue weighted by atomic mass is 9.78. The van der Waals surface area contributed by atoms with E-state index < -0.39 is 17.0 Å². The lowest BCUT2D eigenvalue weighted by Crippen LogP contribution is -2.39. The molecule has 3 nitrogen and oxygen atoms in total. The molecular weight excluding hydrogens is 144 g/mol. The van der Waals surface area contributed by atoms with Gasteiger partial charge in [0.2, 0.25) is 0 Å². The average molecular weight is 156 g/mol. The van der Waals surface area contributed by atoms with E-state index >= 15 is 0 Å². The quantitative estimate of drug-likeness (QED) is 0.491. The minimum absolute atomic E-state index is 0.502. The summed E-state index contributed by atoms with van der Waals surface area (Å²) in [4.78, 5) is 10.8. The van der Waals surface area contributed by atoms with Crippen molar-refractivity contribution in [3.63, 3.8) is 0 Å². The molecule has 0 bridgehead atoms. The van der Waals surface area contributed by atoms with Gasteiger partial charge in [-0.2, -0.15) is 0 Å². The summed E-state index contributed by atoms with van der Waals surface area (Å²) in [6.45, 7) is 7.40. The van der Waals surface area contributed by atoms with E-state index in [1.165, 1.54) is 6.08 Å². The van der Waals surface area contributed by atoms with Gasteiger partial charge < -0.3 is 9.84 Å². The smallest absolute Gasteiger partial charge is 0.316 e. The molecule has 0 aromatic carbocycles. The predicted octanol–water partition coefficient (Wildman–Crippen LogP) is 1.05. The molecule has 0 spiro atoms. The zero-order valence-electron chi connectivity index (χ0n) is 6.76. The molecule has 2 unspecified atom stereocenters. The van der Waals surface area contributed by atoms with Crippen LogP contribution < -0.4 is 0 Å². The molecule has 1 fully saturated rings. The maximum atomic E-state index is 10.8. The van der Waals surface area contributed by atoms with Gasteiger partial charge in [-0.25, -0.2) is 0 Å². The molecule has 0 amide bonds. The Morgan fingerprint density at radius 1 is 1.91 bits per heavy atom. The lowest BCUT2D eigenvalue weighted by Gasteiger charge is -2.24. The Labute approximate surface area is 65.7 Å². The second-order valence-corrected chi connectivity index (χ2v) is 3.23. The molecular formula is C8H12O3. The van der Waals surface area contributed by atoms with Crippen LogP contribution in [-0.4, -0.2) is 23.3 Å². The Morgan fingerprint density at radius 3 is 2.45 bits per heavy atom. The molecule has 0 aromatic rings. The molecule has 1 rings (SSSR count). The molecule has 0 saturated carbocycles. The first-order valence-corrected chi connectivity index (χ1v) is 3.47. The molecule has 1 heterocycles. The largest absolute Gasteiger partial charge is 0.481 e. The second-order valence-electron chi connectivity index (χ2n) is 3.23. The van der Waals surface area contributed by atoms with Crippen LogP contribution in [0.2, 0.25) is 0 Å². The average Bonchev–Trinajstić information content (AvgIpc) is 2.67. The van der Waals surface area contributed by atoms with Crippen molar-refractivity contribution in [3.05, 3.63) is 12.7 Å². The van der Waals surface area contributed by atoms with Crippen LogP contribution in [0, 0.1) is 5.41 Å². The van der Waals surface area contributed by atoms with Gasteiger partial charge in [-0.1, -0.05) is 6.08 Å². The number of carboxylic acid groups (broad SMARTS) is 1. The highest BCUT2D eigenvalue weighted by molar-refractivity contribution is 5.78. The highest BCUT2D eigenvalue weighted by Gasteiger charge is 2.58. The third-order valence-electron chi connectivity index (χ3n) is 2.53. The first-order chi connectivity index (χ1) is 4.96. The van der Waals surface area contributed by atoms with Gasteiger partial charge in [0.1, 0.15) is 11.0 Å². The third-order valence-corrected chi connectivity index (χ3v) is 2.53. The number of hydrogen-bond donors (Lipinski definition) is 1. The van der Waals surface area contributed by atoms with E-state index in [0.717, 1.165) is 0 Å². The molecule has 11 heavy (non-hydrogen) atoms. The molecule has 3 heteroatoms. The summed E-state index contributed by atoms with van der Waals surface area (Å²) in [6, 6.07) is 0. The molecule has 1 saturated heterocycles. The molecule has 0 aliphatic carbocycles. The van der Waals surface area contributed by atoms with E-state index in [1.54, 1.807) is 13.8 Å². The summed E-state index contributed by atoms with van der Waals surface area (Å²) in [5.41, 5.74) is -1.49. The Balaban J connectivity index is 2.92. The van der Waals surface area contributed by atoms with E-state index in [0.29, 0.717) is 6.61 Å². The van der Waals surface area contributed by atoms with Gasteiger partial charge in [0.15, 0.2) is 0 Å². The topological polar surface area (TPSA) is 49.8 Å². The van der Waals surface area contributed by atoms with Gasteiger partial charge in [-0.05, 0) is 13.8 Å². The van der Waals surface area contributed by atoms with Crippen LogP contribution in [-0.2, 0) is 9.53 Å². The van der Waals surface area contributed by atoms with E-state index in [2.05, 4.69) is 6.58 Å². The summed E-state index contributed by atoms with van der Waals surface area (Å²) in [5.74, 6) is -0.882. The summed E-state index contributed by atoms with van der Waals surface area (Å²) in [7, 11) is 0. The number of aliphatic carboxylic acids is 1. The number of hydrogen-bond acceptors (Lipinski definition) is 2. The van der Waals surface area contributed by atoms with Gasteiger partial charge in [0.25, 0.3) is 0 Å². The van der Waals surface area contributed by atoms with Crippen molar-refractivity contribution in [2.24, 2.45) is 5.41 Å². The Morgan fingerprint density at radius 2 is 2.36 bits per heavy atom. The zero-order chi connectivity index (χ0) is 8.70. The monoisotopic (exact) mass is 156 g/mol. The van der Waals surface area contributed by atoms with Crippen molar-refractivity contribution in [1.82, 2.24) is 0 Å². The first kappa shape index (κ1) is 8.27. The van der Waals surface area contributed by atoms with Crippen molar-refractivity contribution in [1.29, 1.82) is 0 Å². The SMILES string of the molecule is C=CC(C)(C(=O)O)C1(C)CO1. The number of carboxylic acids is 1. The number of epoxide rings is 1. The van der Waals surface area contributed by atoms with Gasteiger partial charge in [-0.15, -0.1) is 6.58 Å². The Hall–Kier alpha value is -0.830. The van der Waals surface area contributed by atoms with Crippen LogP contribution >= 0.6 is 0 Å². The Kier molecular flexibility index (Phi) is 1.56. The van der Waals surface area contributed by atoms with E-state index in [9.17, 15) is 4.79 Å².